The number of hydrogen-bond donors (Lipinski definition) is 1. The molecule has 1 aliphatic rings. The van der Waals surface area contributed by atoms with Crippen molar-refractivity contribution in [1.29, 1.82) is 0 Å². The van der Waals surface area contributed by atoms with E-state index in [-0.39, 0.29) is 11.4 Å². The molecule has 28 heavy (non-hydrogen) atoms. The fraction of sp³-hybridized carbons (Fsp3) is 0.545. The van der Waals surface area contributed by atoms with E-state index in [1.54, 1.807) is 38.8 Å². The second-order valence-electron chi connectivity index (χ2n) is 8.01. The Morgan fingerprint density at radius 2 is 1.82 bits per heavy atom. The maximum atomic E-state index is 13.2. The highest BCUT2D eigenvalue weighted by molar-refractivity contribution is 6.10. The molecule has 1 atom stereocenters. The Morgan fingerprint density at radius 1 is 1.21 bits per heavy atom. The highest BCUT2D eigenvalue weighted by Crippen LogP contribution is 2.43. The van der Waals surface area contributed by atoms with Crippen molar-refractivity contribution in [3.63, 3.8) is 0 Å². The Morgan fingerprint density at radius 3 is 2.36 bits per heavy atom. The van der Waals surface area contributed by atoms with Crippen LogP contribution >= 0.6 is 0 Å². The van der Waals surface area contributed by atoms with Crippen LogP contribution in [0.4, 0.5) is 0 Å². The molecule has 0 bridgehead atoms. The quantitative estimate of drug-likeness (QED) is 0.740. The molecule has 1 unspecified atom stereocenters. The predicted molar refractivity (Wildman–Crippen MR) is 109 cm³/mol. The lowest BCUT2D eigenvalue weighted by Crippen LogP contribution is -2.39. The van der Waals surface area contributed by atoms with Crippen LogP contribution in [0.15, 0.2) is 35.6 Å². The number of aliphatic hydroxyl groups excluding tert-OH is 1. The van der Waals surface area contributed by atoms with E-state index in [4.69, 9.17) is 4.74 Å². The van der Waals surface area contributed by atoms with Gasteiger partial charge < -0.3 is 19.6 Å². The molecule has 0 fully saturated rings. The summed E-state index contributed by atoms with van der Waals surface area (Å²) in [5.41, 5.74) is 0.134. The van der Waals surface area contributed by atoms with Crippen LogP contribution in [0.5, 0.6) is 5.75 Å². The molecule has 6 heteroatoms. The van der Waals surface area contributed by atoms with Crippen molar-refractivity contribution in [3.8, 4) is 5.75 Å². The standard InChI is InChI=1S/C22H32N2O4/c1-7-23(8-2)13-14-24-18(15-11-9-10-12-16(15)28-6)17(19(25)21(24)27)20(26)22(3,4)5/h9-12,18,25H,7-8,13-14H2,1-6H3. The zero-order chi connectivity index (χ0) is 21.1. The predicted octanol–water partition coefficient (Wildman–Crippen LogP) is 3.35. The number of methoxy groups -OCH3 is 1. The summed E-state index contributed by atoms with van der Waals surface area (Å²) in [6.07, 6.45) is 0. The first-order chi connectivity index (χ1) is 13.2. The summed E-state index contributed by atoms with van der Waals surface area (Å²) >= 11 is 0. The second kappa shape index (κ2) is 8.78. The number of Topliss-reactive ketones (excluding diaryl/α,β-unsaturated/α-hetero) is 1. The van der Waals surface area contributed by atoms with E-state index in [9.17, 15) is 14.7 Å². The normalized spacial score (nSPS) is 17.6. The summed E-state index contributed by atoms with van der Waals surface area (Å²) in [4.78, 5) is 29.9. The molecule has 0 spiro atoms. The molecule has 1 heterocycles. The number of hydrogen-bond acceptors (Lipinski definition) is 5. The first-order valence-electron chi connectivity index (χ1n) is 9.81. The number of carbonyl (C=O) groups is 2. The molecule has 1 aromatic carbocycles. The third-order valence-electron chi connectivity index (χ3n) is 5.21. The number of rotatable bonds is 8. The van der Waals surface area contributed by atoms with Gasteiger partial charge in [0.25, 0.3) is 5.91 Å². The third kappa shape index (κ3) is 4.22. The van der Waals surface area contributed by atoms with Gasteiger partial charge in [0, 0.05) is 24.1 Å². The molecule has 1 amide bonds. The number of carbonyl (C=O) groups excluding carboxylic acids is 2. The number of likely N-dealkylation sites (N-methyl/N-ethyl adjacent to an activating group) is 1. The third-order valence-corrected chi connectivity index (χ3v) is 5.21. The van der Waals surface area contributed by atoms with E-state index >= 15 is 0 Å². The Balaban J connectivity index is 2.54. The summed E-state index contributed by atoms with van der Waals surface area (Å²) in [7, 11) is 1.56. The molecule has 0 radical (unpaired) electrons. The number of amides is 1. The number of ketones is 1. The molecule has 0 saturated carbocycles. The van der Waals surface area contributed by atoms with Crippen LogP contribution in [0.3, 0.4) is 0 Å². The number of benzene rings is 1. The van der Waals surface area contributed by atoms with E-state index in [1.165, 1.54) is 0 Å². The van der Waals surface area contributed by atoms with Gasteiger partial charge in [0.15, 0.2) is 11.5 Å². The maximum Gasteiger partial charge on any atom is 0.290 e. The van der Waals surface area contributed by atoms with Crippen molar-refractivity contribution in [2.75, 3.05) is 33.3 Å². The molecular weight excluding hydrogens is 356 g/mol. The van der Waals surface area contributed by atoms with E-state index in [0.29, 0.717) is 24.4 Å². The average Bonchev–Trinajstić information content (AvgIpc) is 2.91. The van der Waals surface area contributed by atoms with E-state index < -0.39 is 23.1 Å². The number of nitrogens with zero attached hydrogens (tertiary/aromatic N) is 2. The van der Waals surface area contributed by atoms with Crippen LogP contribution in [-0.2, 0) is 9.59 Å². The molecule has 1 N–H and O–H groups in total. The van der Waals surface area contributed by atoms with Crippen LogP contribution in [0.2, 0.25) is 0 Å². The van der Waals surface area contributed by atoms with Gasteiger partial charge in [-0.1, -0.05) is 52.8 Å². The largest absolute Gasteiger partial charge is 0.503 e. The zero-order valence-electron chi connectivity index (χ0n) is 17.8. The van der Waals surface area contributed by atoms with Gasteiger partial charge in [0.1, 0.15) is 5.75 Å². The van der Waals surface area contributed by atoms with Gasteiger partial charge in [0.2, 0.25) is 0 Å². The van der Waals surface area contributed by atoms with Gasteiger partial charge in [-0.2, -0.15) is 0 Å². The van der Waals surface area contributed by atoms with Gasteiger partial charge >= 0.3 is 0 Å². The van der Waals surface area contributed by atoms with Gasteiger partial charge in [-0.15, -0.1) is 0 Å². The minimum atomic E-state index is -0.723. The van der Waals surface area contributed by atoms with Crippen molar-refractivity contribution >= 4 is 11.7 Å². The maximum absolute atomic E-state index is 13.2. The van der Waals surface area contributed by atoms with Crippen molar-refractivity contribution in [2.24, 2.45) is 5.41 Å². The number of para-hydroxylation sites is 1. The molecule has 0 aliphatic carbocycles. The van der Waals surface area contributed by atoms with E-state index in [0.717, 1.165) is 13.1 Å². The first-order valence-corrected chi connectivity index (χ1v) is 9.81. The summed E-state index contributed by atoms with van der Waals surface area (Å²) in [6.45, 7) is 12.3. The fourth-order valence-corrected chi connectivity index (χ4v) is 3.52. The molecule has 6 nitrogen and oxygen atoms in total. The minimum absolute atomic E-state index is 0.154. The van der Waals surface area contributed by atoms with Gasteiger partial charge in [-0.3, -0.25) is 9.59 Å². The average molecular weight is 389 g/mol. The van der Waals surface area contributed by atoms with Gasteiger partial charge in [-0.25, -0.2) is 0 Å². The lowest BCUT2D eigenvalue weighted by molar-refractivity contribution is -0.129. The Labute approximate surface area is 167 Å². The van der Waals surface area contributed by atoms with Crippen molar-refractivity contribution in [3.05, 3.63) is 41.2 Å². The highest BCUT2D eigenvalue weighted by Gasteiger charge is 2.46. The van der Waals surface area contributed by atoms with Gasteiger partial charge in [0.05, 0.1) is 18.7 Å². The van der Waals surface area contributed by atoms with Crippen LogP contribution in [0, 0.1) is 5.41 Å². The summed E-state index contributed by atoms with van der Waals surface area (Å²) in [5.74, 6) is -0.604. The highest BCUT2D eigenvalue weighted by atomic mass is 16.5. The van der Waals surface area contributed by atoms with Crippen molar-refractivity contribution < 1.29 is 19.4 Å². The molecule has 1 aliphatic heterocycles. The lowest BCUT2D eigenvalue weighted by Gasteiger charge is -2.31. The van der Waals surface area contributed by atoms with Gasteiger partial charge in [-0.05, 0) is 19.2 Å². The fourth-order valence-electron chi connectivity index (χ4n) is 3.52. The Hall–Kier alpha value is -2.34. The topological polar surface area (TPSA) is 70.1 Å². The SMILES string of the molecule is CCN(CC)CCN1C(=O)C(O)=C(C(=O)C(C)(C)C)C1c1ccccc1OC. The summed E-state index contributed by atoms with van der Waals surface area (Å²) in [6, 6.07) is 6.67. The van der Waals surface area contributed by atoms with E-state index in [2.05, 4.69) is 18.7 Å². The minimum Gasteiger partial charge on any atom is -0.503 e. The molecule has 2 rings (SSSR count). The molecular formula is C22H32N2O4. The summed E-state index contributed by atoms with van der Waals surface area (Å²) in [5, 5.41) is 10.6. The second-order valence-corrected chi connectivity index (χ2v) is 8.01. The van der Waals surface area contributed by atoms with Crippen LogP contribution < -0.4 is 4.74 Å². The molecule has 154 valence electrons. The van der Waals surface area contributed by atoms with Crippen molar-refractivity contribution in [2.45, 2.75) is 40.7 Å². The molecule has 0 aromatic heterocycles. The van der Waals surface area contributed by atoms with Crippen LogP contribution in [0.25, 0.3) is 0 Å². The number of ether oxygens (including phenoxy) is 1. The molecule has 0 saturated heterocycles. The smallest absolute Gasteiger partial charge is 0.290 e. The zero-order valence-corrected chi connectivity index (χ0v) is 17.8. The Kier molecular flexibility index (Phi) is 6.88. The van der Waals surface area contributed by atoms with E-state index in [1.807, 2.05) is 18.2 Å². The van der Waals surface area contributed by atoms with Crippen LogP contribution in [-0.4, -0.2) is 59.9 Å². The first kappa shape index (κ1) is 22.0. The summed E-state index contributed by atoms with van der Waals surface area (Å²) < 4.78 is 5.49. The monoisotopic (exact) mass is 388 g/mol. The Bertz CT molecular complexity index is 760. The van der Waals surface area contributed by atoms with Crippen molar-refractivity contribution in [1.82, 2.24) is 9.80 Å². The lowest BCUT2D eigenvalue weighted by atomic mass is 9.82. The number of aliphatic hydroxyl groups is 1. The van der Waals surface area contributed by atoms with Crippen LogP contribution in [0.1, 0.15) is 46.2 Å². The molecule has 1 aromatic rings.